The van der Waals surface area contributed by atoms with E-state index in [1.165, 1.54) is 0 Å². The van der Waals surface area contributed by atoms with E-state index in [1.54, 1.807) is 19.9 Å². The van der Waals surface area contributed by atoms with Crippen molar-refractivity contribution in [2.24, 2.45) is 5.41 Å². The fourth-order valence-electron chi connectivity index (χ4n) is 2.58. The fraction of sp³-hybridized carbons (Fsp3) is 0.526. The summed E-state index contributed by atoms with van der Waals surface area (Å²) in [7, 11) is 0. The number of benzene rings is 1. The monoisotopic (exact) mass is 362 g/mol. The Morgan fingerprint density at radius 1 is 1.31 bits per heavy atom. The maximum Gasteiger partial charge on any atom is 0.309 e. The molecule has 26 heavy (non-hydrogen) atoms. The van der Waals surface area contributed by atoms with Crippen molar-refractivity contribution >= 4 is 23.5 Å². The molecule has 1 aliphatic heterocycles. The van der Waals surface area contributed by atoms with Crippen molar-refractivity contribution in [2.75, 3.05) is 18.5 Å². The molecule has 0 bridgehead atoms. The molecule has 0 spiro atoms. The van der Waals surface area contributed by atoms with Crippen molar-refractivity contribution < 1.29 is 24.2 Å². The molecular formula is C19H26N2O5. The molecule has 1 aromatic rings. The molecule has 142 valence electrons. The Balaban J connectivity index is 1.65. The van der Waals surface area contributed by atoms with E-state index >= 15 is 0 Å². The average molecular weight is 362 g/mol. The number of aliphatic carboxylic acids is 1. The Hall–Kier alpha value is -2.57. The Bertz CT molecular complexity index is 685. The molecule has 0 unspecified atom stereocenters. The number of carboxylic acid groups (broad SMARTS) is 1. The van der Waals surface area contributed by atoms with Crippen molar-refractivity contribution in [2.45, 2.75) is 46.0 Å². The highest BCUT2D eigenvalue weighted by Gasteiger charge is 2.26. The van der Waals surface area contributed by atoms with Crippen LogP contribution in [0.2, 0.25) is 0 Å². The summed E-state index contributed by atoms with van der Waals surface area (Å²) in [5, 5.41) is 14.6. The molecule has 2 amide bonds. The van der Waals surface area contributed by atoms with Crippen molar-refractivity contribution in [3.8, 4) is 5.75 Å². The molecular weight excluding hydrogens is 336 g/mol. The van der Waals surface area contributed by atoms with Crippen LogP contribution < -0.4 is 15.4 Å². The highest BCUT2D eigenvalue weighted by Crippen LogP contribution is 2.26. The lowest BCUT2D eigenvalue weighted by Gasteiger charge is -2.19. The van der Waals surface area contributed by atoms with Crippen molar-refractivity contribution in [3.05, 3.63) is 23.8 Å². The number of fused-ring (bicyclic) bond motifs is 1. The van der Waals surface area contributed by atoms with Gasteiger partial charge in [-0.2, -0.15) is 0 Å². The summed E-state index contributed by atoms with van der Waals surface area (Å²) in [6, 6.07) is 5.56. The molecule has 0 atom stereocenters. The van der Waals surface area contributed by atoms with Crippen LogP contribution in [0.25, 0.3) is 0 Å². The third kappa shape index (κ3) is 5.75. The van der Waals surface area contributed by atoms with Crippen LogP contribution in [0.1, 0.15) is 45.1 Å². The van der Waals surface area contributed by atoms with E-state index in [2.05, 4.69) is 10.6 Å². The van der Waals surface area contributed by atoms with Gasteiger partial charge in [0.25, 0.3) is 0 Å². The summed E-state index contributed by atoms with van der Waals surface area (Å²) < 4.78 is 5.67. The number of carbonyl (C=O) groups is 3. The zero-order valence-electron chi connectivity index (χ0n) is 15.3. The molecule has 7 nitrogen and oxygen atoms in total. The van der Waals surface area contributed by atoms with Crippen LogP contribution in [0.15, 0.2) is 18.2 Å². The first-order valence-electron chi connectivity index (χ1n) is 8.83. The lowest BCUT2D eigenvalue weighted by atomic mass is 9.90. The van der Waals surface area contributed by atoms with E-state index in [-0.39, 0.29) is 11.8 Å². The van der Waals surface area contributed by atoms with Gasteiger partial charge in [-0.25, -0.2) is 0 Å². The Labute approximate surface area is 153 Å². The predicted octanol–water partition coefficient (Wildman–Crippen LogP) is 2.35. The number of carbonyl (C=O) groups excluding carboxylic acids is 2. The number of carboxylic acids is 1. The minimum Gasteiger partial charge on any atom is -0.494 e. The molecule has 0 saturated carbocycles. The van der Waals surface area contributed by atoms with E-state index in [9.17, 15) is 14.4 Å². The largest absolute Gasteiger partial charge is 0.494 e. The standard InChI is InChI=1S/C19H26N2O5/c1-19(2,18(24)25)9-10-20-16(22)4-3-11-26-14-6-7-15-13(12-14)5-8-17(23)21-15/h6-7,12H,3-5,8-11H2,1-2H3,(H,20,22)(H,21,23)(H,24,25). The van der Waals surface area contributed by atoms with E-state index in [1.807, 2.05) is 12.1 Å². The molecule has 0 aromatic heterocycles. The Morgan fingerprint density at radius 3 is 2.81 bits per heavy atom. The molecule has 3 N–H and O–H groups in total. The lowest BCUT2D eigenvalue weighted by Crippen LogP contribution is -2.31. The first-order valence-corrected chi connectivity index (χ1v) is 8.83. The summed E-state index contributed by atoms with van der Waals surface area (Å²) in [6.45, 7) is 4.04. The summed E-state index contributed by atoms with van der Waals surface area (Å²) in [4.78, 5) is 34.1. The van der Waals surface area contributed by atoms with E-state index in [0.29, 0.717) is 45.3 Å². The number of hydrogen-bond donors (Lipinski definition) is 3. The van der Waals surface area contributed by atoms with Gasteiger partial charge in [0.15, 0.2) is 0 Å². The molecule has 7 heteroatoms. The maximum absolute atomic E-state index is 11.8. The van der Waals surface area contributed by atoms with Crippen LogP contribution in [0.5, 0.6) is 5.75 Å². The third-order valence-electron chi connectivity index (χ3n) is 4.44. The number of amides is 2. The van der Waals surface area contributed by atoms with Gasteiger partial charge in [-0.15, -0.1) is 0 Å². The average Bonchev–Trinajstić information content (AvgIpc) is 2.58. The first kappa shape index (κ1) is 19.8. The molecule has 1 heterocycles. The highest BCUT2D eigenvalue weighted by molar-refractivity contribution is 5.94. The van der Waals surface area contributed by atoms with Crippen molar-refractivity contribution in [1.29, 1.82) is 0 Å². The van der Waals surface area contributed by atoms with Crippen LogP contribution in [0.3, 0.4) is 0 Å². The van der Waals surface area contributed by atoms with Crippen molar-refractivity contribution in [1.82, 2.24) is 5.32 Å². The highest BCUT2D eigenvalue weighted by atomic mass is 16.5. The van der Waals surface area contributed by atoms with Crippen LogP contribution in [-0.4, -0.2) is 36.0 Å². The first-order chi connectivity index (χ1) is 12.3. The Morgan fingerprint density at radius 2 is 2.08 bits per heavy atom. The molecule has 0 radical (unpaired) electrons. The number of hydrogen-bond acceptors (Lipinski definition) is 4. The zero-order chi connectivity index (χ0) is 19.2. The SMILES string of the molecule is CC(C)(CCNC(=O)CCCOc1ccc2c(c1)CCC(=O)N2)C(=O)O. The van der Waals surface area contributed by atoms with Crippen LogP contribution in [-0.2, 0) is 20.8 Å². The minimum absolute atomic E-state index is 0.0314. The summed E-state index contributed by atoms with van der Waals surface area (Å²) in [5.74, 6) is -0.222. The van der Waals surface area contributed by atoms with Gasteiger partial charge in [0.2, 0.25) is 11.8 Å². The summed E-state index contributed by atoms with van der Waals surface area (Å²) in [6.07, 6.45) is 2.47. The van der Waals surface area contributed by atoms with Gasteiger partial charge in [-0.1, -0.05) is 0 Å². The number of nitrogens with one attached hydrogen (secondary N) is 2. The predicted molar refractivity (Wildman–Crippen MR) is 97.2 cm³/mol. The number of anilines is 1. The number of rotatable bonds is 9. The normalized spacial score (nSPS) is 13.5. The van der Waals surface area contributed by atoms with Gasteiger partial charge in [0.1, 0.15) is 5.75 Å². The van der Waals surface area contributed by atoms with E-state index < -0.39 is 11.4 Å². The number of aryl methyl sites for hydroxylation is 1. The van der Waals surface area contributed by atoms with Gasteiger partial charge in [0.05, 0.1) is 12.0 Å². The van der Waals surface area contributed by atoms with Crippen LogP contribution in [0, 0.1) is 5.41 Å². The quantitative estimate of drug-likeness (QED) is 0.585. The summed E-state index contributed by atoms with van der Waals surface area (Å²) in [5.41, 5.74) is 1.04. The zero-order valence-corrected chi connectivity index (χ0v) is 15.3. The van der Waals surface area contributed by atoms with E-state index in [0.717, 1.165) is 17.0 Å². The van der Waals surface area contributed by atoms with Gasteiger partial charge in [-0.05, 0) is 56.9 Å². The Kier molecular flexibility index (Phi) is 6.60. The number of ether oxygens (including phenoxy) is 1. The van der Waals surface area contributed by atoms with Crippen LogP contribution >= 0.6 is 0 Å². The van der Waals surface area contributed by atoms with Gasteiger partial charge < -0.3 is 20.5 Å². The lowest BCUT2D eigenvalue weighted by molar-refractivity contribution is -0.147. The molecule has 1 aliphatic rings. The fourth-order valence-corrected chi connectivity index (χ4v) is 2.58. The smallest absolute Gasteiger partial charge is 0.309 e. The second kappa shape index (κ2) is 8.69. The second-order valence-corrected chi connectivity index (χ2v) is 7.11. The third-order valence-corrected chi connectivity index (χ3v) is 4.44. The van der Waals surface area contributed by atoms with E-state index in [4.69, 9.17) is 9.84 Å². The minimum atomic E-state index is -0.871. The molecule has 0 saturated heterocycles. The maximum atomic E-state index is 11.8. The molecule has 0 fully saturated rings. The van der Waals surface area contributed by atoms with Gasteiger partial charge in [0, 0.05) is 25.1 Å². The van der Waals surface area contributed by atoms with Crippen molar-refractivity contribution in [3.63, 3.8) is 0 Å². The van der Waals surface area contributed by atoms with Crippen LogP contribution in [0.4, 0.5) is 5.69 Å². The molecule has 0 aliphatic carbocycles. The molecule has 2 rings (SSSR count). The summed E-state index contributed by atoms with van der Waals surface area (Å²) >= 11 is 0. The second-order valence-electron chi connectivity index (χ2n) is 7.11. The topological polar surface area (TPSA) is 105 Å². The van der Waals surface area contributed by atoms with Gasteiger partial charge in [-0.3, -0.25) is 14.4 Å². The van der Waals surface area contributed by atoms with Gasteiger partial charge >= 0.3 is 5.97 Å². The molecule has 1 aromatic carbocycles.